The fraction of sp³-hybridized carbons (Fsp3) is 0.368. The van der Waals surface area contributed by atoms with E-state index in [2.05, 4.69) is 10.3 Å². The Morgan fingerprint density at radius 3 is 2.84 bits per heavy atom. The number of ether oxygens (including phenoxy) is 3. The van der Waals surface area contributed by atoms with Crippen LogP contribution in [0.5, 0.6) is 17.4 Å². The van der Waals surface area contributed by atoms with E-state index >= 15 is 0 Å². The number of rotatable bonds is 6. The molecule has 0 spiro atoms. The average Bonchev–Trinajstić information content (AvgIpc) is 2.89. The zero-order valence-corrected chi connectivity index (χ0v) is 14.7. The molecule has 1 amide bonds. The summed E-state index contributed by atoms with van der Waals surface area (Å²) in [4.78, 5) is 16.2. The molecule has 3 rings (SSSR count). The molecule has 0 radical (unpaired) electrons. The Bertz CT molecular complexity index is 757. The summed E-state index contributed by atoms with van der Waals surface area (Å²) in [6, 6.07) is 9.18. The summed E-state index contributed by atoms with van der Waals surface area (Å²) in [7, 11) is 0. The maximum Gasteiger partial charge on any atom is 0.262 e. The summed E-state index contributed by atoms with van der Waals surface area (Å²) in [5.74, 6) is 1.57. The number of carbonyl (C=O) groups excluding carboxylic acids is 1. The van der Waals surface area contributed by atoms with Gasteiger partial charge in [-0.1, -0.05) is 12.1 Å². The lowest BCUT2D eigenvalue weighted by Crippen LogP contribution is -2.25. The second-order valence-corrected chi connectivity index (χ2v) is 6.44. The summed E-state index contributed by atoms with van der Waals surface area (Å²) in [5, 5.41) is 2.74. The molecule has 0 bridgehead atoms. The van der Waals surface area contributed by atoms with Gasteiger partial charge in [0.15, 0.2) is 18.1 Å². The number of hydrogen-bond donors (Lipinski definition) is 1. The van der Waals surface area contributed by atoms with E-state index in [1.807, 2.05) is 39.0 Å². The second-order valence-electron chi connectivity index (χ2n) is 6.44. The van der Waals surface area contributed by atoms with Crippen LogP contribution in [0.4, 0.5) is 5.69 Å². The molecule has 1 aromatic heterocycles. The van der Waals surface area contributed by atoms with Crippen LogP contribution >= 0.6 is 0 Å². The van der Waals surface area contributed by atoms with Gasteiger partial charge in [-0.3, -0.25) is 4.79 Å². The molecule has 0 saturated carbocycles. The first-order valence-electron chi connectivity index (χ1n) is 8.29. The molecule has 132 valence electrons. The quantitative estimate of drug-likeness (QED) is 0.873. The van der Waals surface area contributed by atoms with Crippen molar-refractivity contribution >= 4 is 11.6 Å². The predicted molar refractivity (Wildman–Crippen MR) is 94.4 cm³/mol. The fourth-order valence-corrected chi connectivity index (χ4v) is 2.73. The number of pyridine rings is 1. The van der Waals surface area contributed by atoms with Gasteiger partial charge in [0.1, 0.15) is 5.60 Å². The third-order valence-electron chi connectivity index (χ3n) is 3.73. The van der Waals surface area contributed by atoms with Gasteiger partial charge >= 0.3 is 0 Å². The highest BCUT2D eigenvalue weighted by Crippen LogP contribution is 2.41. The van der Waals surface area contributed by atoms with Crippen molar-refractivity contribution in [3.05, 3.63) is 42.1 Å². The number of benzene rings is 1. The SMILES string of the molecule is CCOc1ccc(NC(=O)COc2cccc3c2OC(C)(C)C3)cn1. The van der Waals surface area contributed by atoms with Crippen molar-refractivity contribution in [2.45, 2.75) is 32.8 Å². The van der Waals surface area contributed by atoms with Crippen LogP contribution in [0.1, 0.15) is 26.3 Å². The Morgan fingerprint density at radius 2 is 2.12 bits per heavy atom. The van der Waals surface area contributed by atoms with Crippen LogP contribution in [-0.2, 0) is 11.2 Å². The first-order valence-corrected chi connectivity index (χ1v) is 8.29. The van der Waals surface area contributed by atoms with E-state index in [9.17, 15) is 4.79 Å². The Balaban J connectivity index is 1.58. The lowest BCUT2D eigenvalue weighted by Gasteiger charge is -2.18. The number of fused-ring (bicyclic) bond motifs is 1. The normalized spacial score (nSPS) is 14.4. The number of para-hydroxylation sites is 1. The Hall–Kier alpha value is -2.76. The second kappa shape index (κ2) is 7.01. The molecule has 6 heteroatoms. The molecule has 1 aromatic carbocycles. The van der Waals surface area contributed by atoms with Gasteiger partial charge in [-0.2, -0.15) is 0 Å². The zero-order chi connectivity index (χ0) is 17.9. The minimum absolute atomic E-state index is 0.104. The van der Waals surface area contributed by atoms with Crippen LogP contribution in [0.15, 0.2) is 36.5 Å². The maximum absolute atomic E-state index is 12.1. The van der Waals surface area contributed by atoms with E-state index in [0.717, 1.165) is 17.7 Å². The highest BCUT2D eigenvalue weighted by atomic mass is 16.5. The molecule has 0 saturated heterocycles. The van der Waals surface area contributed by atoms with Gasteiger partial charge in [0.2, 0.25) is 5.88 Å². The summed E-state index contributed by atoms with van der Waals surface area (Å²) >= 11 is 0. The van der Waals surface area contributed by atoms with Crippen molar-refractivity contribution in [3.63, 3.8) is 0 Å². The standard InChI is InChI=1S/C19H22N2O4/c1-4-23-17-9-8-14(11-20-17)21-16(22)12-24-15-7-5-6-13-10-19(2,3)25-18(13)15/h5-9,11H,4,10,12H2,1-3H3,(H,21,22). The molecule has 2 heterocycles. The number of hydrogen-bond acceptors (Lipinski definition) is 5. The molecule has 1 aliphatic rings. The Kier molecular flexibility index (Phi) is 4.79. The molecule has 0 aliphatic carbocycles. The van der Waals surface area contributed by atoms with Gasteiger partial charge in [0, 0.05) is 18.1 Å². The average molecular weight is 342 g/mol. The summed E-state index contributed by atoms with van der Waals surface area (Å²) in [6.07, 6.45) is 2.37. The predicted octanol–water partition coefficient (Wildman–Crippen LogP) is 3.21. The minimum Gasteiger partial charge on any atom is -0.483 e. The highest BCUT2D eigenvalue weighted by molar-refractivity contribution is 5.91. The topological polar surface area (TPSA) is 69.7 Å². The molecular weight excluding hydrogens is 320 g/mol. The van der Waals surface area contributed by atoms with Crippen LogP contribution in [0.25, 0.3) is 0 Å². The lowest BCUT2D eigenvalue weighted by molar-refractivity contribution is -0.118. The highest BCUT2D eigenvalue weighted by Gasteiger charge is 2.32. The monoisotopic (exact) mass is 342 g/mol. The van der Waals surface area contributed by atoms with Gasteiger partial charge in [-0.15, -0.1) is 0 Å². The van der Waals surface area contributed by atoms with Crippen molar-refractivity contribution < 1.29 is 19.0 Å². The summed E-state index contributed by atoms with van der Waals surface area (Å²) in [5.41, 5.74) is 1.43. The third-order valence-corrected chi connectivity index (χ3v) is 3.73. The largest absolute Gasteiger partial charge is 0.483 e. The van der Waals surface area contributed by atoms with E-state index in [0.29, 0.717) is 23.9 Å². The molecule has 0 atom stereocenters. The number of aromatic nitrogens is 1. The van der Waals surface area contributed by atoms with Crippen LogP contribution in [0.3, 0.4) is 0 Å². The van der Waals surface area contributed by atoms with Gasteiger partial charge in [0.25, 0.3) is 5.91 Å². The number of anilines is 1. The first kappa shape index (κ1) is 17.1. The van der Waals surface area contributed by atoms with Crippen LogP contribution < -0.4 is 19.5 Å². The van der Waals surface area contributed by atoms with Gasteiger partial charge < -0.3 is 19.5 Å². The zero-order valence-electron chi connectivity index (χ0n) is 14.7. The van der Waals surface area contributed by atoms with Gasteiger partial charge in [-0.25, -0.2) is 4.98 Å². The third kappa shape index (κ3) is 4.21. The van der Waals surface area contributed by atoms with Gasteiger partial charge in [-0.05, 0) is 32.9 Å². The Labute approximate surface area is 147 Å². The molecule has 1 N–H and O–H groups in total. The smallest absolute Gasteiger partial charge is 0.262 e. The van der Waals surface area contributed by atoms with Crippen molar-refractivity contribution in [2.24, 2.45) is 0 Å². The number of carbonyl (C=O) groups is 1. The van der Waals surface area contributed by atoms with Gasteiger partial charge in [0.05, 0.1) is 18.5 Å². The number of nitrogens with zero attached hydrogens (tertiary/aromatic N) is 1. The molecule has 1 aliphatic heterocycles. The van der Waals surface area contributed by atoms with E-state index in [1.165, 1.54) is 0 Å². The van der Waals surface area contributed by atoms with Crippen molar-refractivity contribution in [1.82, 2.24) is 4.98 Å². The number of amides is 1. The van der Waals surface area contributed by atoms with Crippen molar-refractivity contribution in [1.29, 1.82) is 0 Å². The summed E-state index contributed by atoms with van der Waals surface area (Å²) < 4.78 is 16.9. The van der Waals surface area contributed by atoms with E-state index in [4.69, 9.17) is 14.2 Å². The number of nitrogens with one attached hydrogen (secondary N) is 1. The van der Waals surface area contributed by atoms with E-state index in [1.54, 1.807) is 18.3 Å². The Morgan fingerprint density at radius 1 is 1.28 bits per heavy atom. The maximum atomic E-state index is 12.1. The van der Waals surface area contributed by atoms with Crippen LogP contribution in [-0.4, -0.2) is 29.7 Å². The minimum atomic E-state index is -0.263. The molecule has 25 heavy (non-hydrogen) atoms. The van der Waals surface area contributed by atoms with Crippen LogP contribution in [0.2, 0.25) is 0 Å². The van der Waals surface area contributed by atoms with Crippen molar-refractivity contribution in [3.8, 4) is 17.4 Å². The molecule has 0 fully saturated rings. The molecular formula is C19H22N2O4. The molecule has 0 unspecified atom stereocenters. The molecule has 2 aromatic rings. The molecule has 6 nitrogen and oxygen atoms in total. The van der Waals surface area contributed by atoms with E-state index in [-0.39, 0.29) is 18.1 Å². The van der Waals surface area contributed by atoms with Crippen LogP contribution in [0, 0.1) is 0 Å². The van der Waals surface area contributed by atoms with E-state index < -0.39 is 0 Å². The lowest BCUT2D eigenvalue weighted by atomic mass is 10.0. The first-order chi connectivity index (χ1) is 12.0. The summed E-state index contributed by atoms with van der Waals surface area (Å²) in [6.45, 7) is 6.39. The fourth-order valence-electron chi connectivity index (χ4n) is 2.73. The van der Waals surface area contributed by atoms with Crippen molar-refractivity contribution in [2.75, 3.05) is 18.5 Å².